The van der Waals surface area contributed by atoms with E-state index in [-0.39, 0.29) is 11.5 Å². The SMILES string of the molecule is CNC(=O)c1cncc(/C=C/C(=O)Nc2sc(C)c(-c3ccccc3)c2C(N)=O)c1. The van der Waals surface area contributed by atoms with Crippen molar-refractivity contribution in [1.82, 2.24) is 10.3 Å². The van der Waals surface area contributed by atoms with Crippen LogP contribution in [0.25, 0.3) is 17.2 Å². The Bertz CT molecular complexity index is 1140. The number of thiophene rings is 1. The van der Waals surface area contributed by atoms with Crippen molar-refractivity contribution in [2.24, 2.45) is 5.73 Å². The highest BCUT2D eigenvalue weighted by Gasteiger charge is 2.22. The van der Waals surface area contributed by atoms with E-state index in [9.17, 15) is 14.4 Å². The molecule has 2 aromatic heterocycles. The summed E-state index contributed by atoms with van der Waals surface area (Å²) in [4.78, 5) is 41.2. The molecule has 2 heterocycles. The second-order valence-electron chi connectivity index (χ2n) is 6.38. The van der Waals surface area contributed by atoms with Gasteiger partial charge in [0.25, 0.3) is 11.8 Å². The molecule has 30 heavy (non-hydrogen) atoms. The first-order valence-electron chi connectivity index (χ1n) is 9.05. The summed E-state index contributed by atoms with van der Waals surface area (Å²) in [6, 6.07) is 11.0. The van der Waals surface area contributed by atoms with Gasteiger partial charge in [-0.1, -0.05) is 30.3 Å². The van der Waals surface area contributed by atoms with E-state index in [2.05, 4.69) is 15.6 Å². The van der Waals surface area contributed by atoms with Crippen molar-refractivity contribution in [3.63, 3.8) is 0 Å². The predicted octanol–water partition coefficient (Wildman–Crippen LogP) is 3.23. The molecule has 0 saturated heterocycles. The Kier molecular flexibility index (Phi) is 6.38. The summed E-state index contributed by atoms with van der Waals surface area (Å²) in [5.74, 6) is -1.31. The Morgan fingerprint density at radius 1 is 1.13 bits per heavy atom. The van der Waals surface area contributed by atoms with Crippen molar-refractivity contribution in [3.8, 4) is 11.1 Å². The number of aryl methyl sites for hydroxylation is 1. The third kappa shape index (κ3) is 4.61. The van der Waals surface area contributed by atoms with Gasteiger partial charge in [-0.2, -0.15) is 0 Å². The number of hydrogen-bond donors (Lipinski definition) is 3. The molecule has 0 aliphatic rings. The zero-order valence-electron chi connectivity index (χ0n) is 16.4. The highest BCUT2D eigenvalue weighted by molar-refractivity contribution is 7.17. The average molecular weight is 420 g/mol. The second-order valence-corrected chi connectivity index (χ2v) is 7.60. The van der Waals surface area contributed by atoms with Crippen molar-refractivity contribution < 1.29 is 14.4 Å². The van der Waals surface area contributed by atoms with Crippen LogP contribution in [0.2, 0.25) is 0 Å². The van der Waals surface area contributed by atoms with Crippen LogP contribution in [-0.4, -0.2) is 29.8 Å². The van der Waals surface area contributed by atoms with Crippen LogP contribution in [0.1, 0.15) is 31.2 Å². The van der Waals surface area contributed by atoms with Crippen LogP contribution in [0, 0.1) is 6.92 Å². The zero-order chi connectivity index (χ0) is 21.7. The smallest absolute Gasteiger partial charge is 0.252 e. The van der Waals surface area contributed by atoms with Crippen LogP contribution in [0.15, 0.2) is 54.9 Å². The van der Waals surface area contributed by atoms with E-state index in [0.29, 0.717) is 16.1 Å². The van der Waals surface area contributed by atoms with Crippen LogP contribution in [-0.2, 0) is 4.79 Å². The highest BCUT2D eigenvalue weighted by Crippen LogP contribution is 2.39. The highest BCUT2D eigenvalue weighted by atomic mass is 32.1. The number of rotatable bonds is 6. The average Bonchev–Trinajstić information content (AvgIpc) is 3.08. The molecular weight excluding hydrogens is 400 g/mol. The van der Waals surface area contributed by atoms with Gasteiger partial charge >= 0.3 is 0 Å². The third-order valence-corrected chi connectivity index (χ3v) is 5.33. The number of aromatic nitrogens is 1. The fourth-order valence-electron chi connectivity index (χ4n) is 2.96. The van der Waals surface area contributed by atoms with E-state index in [1.807, 2.05) is 37.3 Å². The van der Waals surface area contributed by atoms with Gasteiger partial charge < -0.3 is 16.4 Å². The molecule has 0 fully saturated rings. The summed E-state index contributed by atoms with van der Waals surface area (Å²) >= 11 is 1.29. The lowest BCUT2D eigenvalue weighted by atomic mass is 10.0. The summed E-state index contributed by atoms with van der Waals surface area (Å²) in [6.07, 6.45) is 5.83. The molecule has 7 nitrogen and oxygen atoms in total. The molecule has 0 spiro atoms. The first-order valence-corrected chi connectivity index (χ1v) is 9.87. The first-order chi connectivity index (χ1) is 14.4. The van der Waals surface area contributed by atoms with Gasteiger partial charge in [0.05, 0.1) is 11.1 Å². The molecule has 0 atom stereocenters. The second kappa shape index (κ2) is 9.15. The Hall–Kier alpha value is -3.78. The Balaban J connectivity index is 1.85. The lowest BCUT2D eigenvalue weighted by molar-refractivity contribution is -0.111. The van der Waals surface area contributed by atoms with Crippen molar-refractivity contribution in [3.05, 3.63) is 76.4 Å². The zero-order valence-corrected chi connectivity index (χ0v) is 17.2. The van der Waals surface area contributed by atoms with Crippen LogP contribution >= 0.6 is 11.3 Å². The number of carbonyl (C=O) groups is 3. The summed E-state index contributed by atoms with van der Waals surface area (Å²) in [6.45, 7) is 1.88. The number of benzene rings is 1. The monoisotopic (exact) mass is 420 g/mol. The van der Waals surface area contributed by atoms with Crippen LogP contribution in [0.3, 0.4) is 0 Å². The molecule has 3 aromatic rings. The van der Waals surface area contributed by atoms with E-state index in [4.69, 9.17) is 5.73 Å². The number of amides is 3. The van der Waals surface area contributed by atoms with Gasteiger partial charge in [0, 0.05) is 36.0 Å². The minimum absolute atomic E-state index is 0.268. The van der Waals surface area contributed by atoms with Gasteiger partial charge in [0.2, 0.25) is 5.91 Å². The van der Waals surface area contributed by atoms with Crippen LogP contribution < -0.4 is 16.4 Å². The summed E-state index contributed by atoms with van der Waals surface area (Å²) < 4.78 is 0. The van der Waals surface area contributed by atoms with E-state index in [1.54, 1.807) is 6.07 Å². The molecule has 0 saturated carbocycles. The minimum atomic E-state index is -0.611. The molecule has 4 N–H and O–H groups in total. The normalized spacial score (nSPS) is 10.7. The minimum Gasteiger partial charge on any atom is -0.365 e. The van der Waals surface area contributed by atoms with Crippen molar-refractivity contribution >= 4 is 40.1 Å². The number of nitrogens with two attached hydrogens (primary N) is 1. The van der Waals surface area contributed by atoms with Gasteiger partial charge in [-0.15, -0.1) is 11.3 Å². The molecule has 8 heteroatoms. The Morgan fingerprint density at radius 3 is 2.53 bits per heavy atom. The molecule has 0 aliphatic carbocycles. The molecule has 0 unspecified atom stereocenters. The number of hydrogen-bond acceptors (Lipinski definition) is 5. The van der Waals surface area contributed by atoms with E-state index < -0.39 is 11.8 Å². The van der Waals surface area contributed by atoms with Crippen molar-refractivity contribution in [2.75, 3.05) is 12.4 Å². The predicted molar refractivity (Wildman–Crippen MR) is 118 cm³/mol. The summed E-state index contributed by atoms with van der Waals surface area (Å²) in [5.41, 5.74) is 8.45. The van der Waals surface area contributed by atoms with Crippen molar-refractivity contribution in [2.45, 2.75) is 6.92 Å². The Labute approximate surface area is 177 Å². The standard InChI is InChI=1S/C22H20N4O3S/c1-13-18(15-6-4-3-5-7-15)19(20(23)28)22(30-13)26-17(27)9-8-14-10-16(12-25-11-14)21(29)24-2/h3-12H,1-2H3,(H2,23,28)(H,24,29)(H,26,27)/b9-8+. The largest absolute Gasteiger partial charge is 0.365 e. The maximum atomic E-state index is 12.4. The lowest BCUT2D eigenvalue weighted by Crippen LogP contribution is -2.18. The molecular formula is C22H20N4O3S. The number of pyridine rings is 1. The lowest BCUT2D eigenvalue weighted by Gasteiger charge is -2.05. The van der Waals surface area contributed by atoms with E-state index in [1.165, 1.54) is 42.9 Å². The van der Waals surface area contributed by atoms with E-state index in [0.717, 1.165) is 16.0 Å². The molecule has 3 rings (SSSR count). The fraction of sp³-hybridized carbons (Fsp3) is 0.0909. The van der Waals surface area contributed by atoms with Gasteiger partial charge in [0.1, 0.15) is 5.00 Å². The number of anilines is 1. The maximum absolute atomic E-state index is 12.4. The number of nitrogens with one attached hydrogen (secondary N) is 2. The van der Waals surface area contributed by atoms with Gasteiger partial charge in [-0.3, -0.25) is 19.4 Å². The molecule has 3 amide bonds. The maximum Gasteiger partial charge on any atom is 0.252 e. The fourth-order valence-corrected chi connectivity index (χ4v) is 4.05. The molecule has 1 aromatic carbocycles. The third-order valence-electron chi connectivity index (χ3n) is 4.31. The van der Waals surface area contributed by atoms with Crippen LogP contribution in [0.4, 0.5) is 5.00 Å². The Morgan fingerprint density at radius 2 is 1.87 bits per heavy atom. The number of primary amides is 1. The number of carbonyl (C=O) groups excluding carboxylic acids is 3. The summed E-state index contributed by atoms with van der Waals surface area (Å²) in [5, 5.41) is 5.65. The van der Waals surface area contributed by atoms with Gasteiger partial charge in [0.15, 0.2) is 0 Å². The van der Waals surface area contributed by atoms with Gasteiger partial charge in [-0.25, -0.2) is 0 Å². The topological polar surface area (TPSA) is 114 Å². The summed E-state index contributed by atoms with van der Waals surface area (Å²) in [7, 11) is 1.53. The van der Waals surface area contributed by atoms with E-state index >= 15 is 0 Å². The molecule has 152 valence electrons. The van der Waals surface area contributed by atoms with Crippen molar-refractivity contribution in [1.29, 1.82) is 0 Å². The van der Waals surface area contributed by atoms with Gasteiger partial charge in [-0.05, 0) is 30.2 Å². The molecule has 0 radical (unpaired) electrons. The molecule has 0 aliphatic heterocycles. The molecule has 0 bridgehead atoms. The first kappa shape index (κ1) is 20.9. The quantitative estimate of drug-likeness (QED) is 0.531. The van der Waals surface area contributed by atoms with Crippen LogP contribution in [0.5, 0.6) is 0 Å². The number of nitrogens with zero attached hydrogens (tertiary/aromatic N) is 1.